The van der Waals surface area contributed by atoms with Crippen LogP contribution in [0.2, 0.25) is 0 Å². The third-order valence-corrected chi connectivity index (χ3v) is 5.73. The zero-order valence-electron chi connectivity index (χ0n) is 17.6. The number of carbonyl (C=O) groups is 1. The van der Waals surface area contributed by atoms with Crippen LogP contribution in [-0.2, 0) is 37.3 Å². The fourth-order valence-corrected chi connectivity index (χ4v) is 4.13. The molecule has 2 aromatic heterocycles. The summed E-state index contributed by atoms with van der Waals surface area (Å²) in [5.41, 5.74) is 4.11. The fraction of sp³-hybridized carbons (Fsp3) is 0.375. The first-order valence-electron chi connectivity index (χ1n) is 10.6. The normalized spacial score (nSPS) is 13.5. The predicted molar refractivity (Wildman–Crippen MR) is 116 cm³/mol. The number of hydrogen-bond acceptors (Lipinski definition) is 3. The summed E-state index contributed by atoms with van der Waals surface area (Å²) in [4.78, 5) is 32.0. The molecule has 0 aliphatic carbocycles. The molecule has 1 aromatic carbocycles. The van der Waals surface area contributed by atoms with E-state index in [1.54, 1.807) is 6.20 Å². The first-order valence-corrected chi connectivity index (χ1v) is 10.6. The zero-order valence-corrected chi connectivity index (χ0v) is 17.6. The summed E-state index contributed by atoms with van der Waals surface area (Å²) in [6.07, 6.45) is 4.97. The van der Waals surface area contributed by atoms with Crippen LogP contribution in [0.25, 0.3) is 0 Å². The molecule has 1 aliphatic heterocycles. The number of aryl methyl sites for hydroxylation is 1. The van der Waals surface area contributed by atoms with E-state index < -0.39 is 0 Å². The van der Waals surface area contributed by atoms with Gasteiger partial charge in [-0.15, -0.1) is 0 Å². The van der Waals surface area contributed by atoms with E-state index in [1.165, 1.54) is 5.56 Å². The lowest BCUT2D eigenvalue weighted by Gasteiger charge is -2.29. The molecule has 0 saturated heterocycles. The number of carbonyl (C=O) groups excluding carboxylic acids is 1. The van der Waals surface area contributed by atoms with Crippen LogP contribution >= 0.6 is 0 Å². The van der Waals surface area contributed by atoms with E-state index in [2.05, 4.69) is 21.8 Å². The number of pyridine rings is 1. The Balaban J connectivity index is 1.70. The Kier molecular flexibility index (Phi) is 5.84. The van der Waals surface area contributed by atoms with Crippen LogP contribution in [0.3, 0.4) is 0 Å². The summed E-state index contributed by atoms with van der Waals surface area (Å²) in [6.45, 7) is 6.11. The third kappa shape index (κ3) is 4.08. The van der Waals surface area contributed by atoms with Gasteiger partial charge < -0.3 is 4.90 Å². The molecule has 1 aliphatic rings. The van der Waals surface area contributed by atoms with Gasteiger partial charge in [0.1, 0.15) is 0 Å². The molecule has 156 valence electrons. The Labute approximate surface area is 176 Å². The van der Waals surface area contributed by atoms with E-state index in [0.717, 1.165) is 23.2 Å². The van der Waals surface area contributed by atoms with Crippen molar-refractivity contribution in [3.05, 3.63) is 87.6 Å². The van der Waals surface area contributed by atoms with Crippen molar-refractivity contribution in [2.45, 2.75) is 46.3 Å². The highest BCUT2D eigenvalue weighted by molar-refractivity contribution is 5.78. The SMILES string of the molecule is CC(C)C(=O)N1CCc2c(n(Cc3cccnc3)n(CCc3ccccc3)c2=O)C1. The Morgan fingerprint density at radius 2 is 1.83 bits per heavy atom. The first kappa shape index (κ1) is 20.1. The van der Waals surface area contributed by atoms with Gasteiger partial charge in [-0.05, 0) is 30.0 Å². The molecule has 0 atom stereocenters. The van der Waals surface area contributed by atoms with Crippen molar-refractivity contribution in [3.8, 4) is 0 Å². The number of amides is 1. The van der Waals surface area contributed by atoms with Crippen molar-refractivity contribution in [3.63, 3.8) is 0 Å². The Bertz CT molecular complexity index is 1070. The molecule has 6 nitrogen and oxygen atoms in total. The van der Waals surface area contributed by atoms with Gasteiger partial charge in [-0.25, -0.2) is 4.68 Å². The smallest absolute Gasteiger partial charge is 0.270 e. The Morgan fingerprint density at radius 3 is 2.53 bits per heavy atom. The van der Waals surface area contributed by atoms with Gasteiger partial charge in [0.05, 0.1) is 18.8 Å². The van der Waals surface area contributed by atoms with Crippen LogP contribution in [0, 0.1) is 5.92 Å². The van der Waals surface area contributed by atoms with Gasteiger partial charge in [0.2, 0.25) is 5.91 Å². The molecule has 1 amide bonds. The van der Waals surface area contributed by atoms with Gasteiger partial charge >= 0.3 is 0 Å². The van der Waals surface area contributed by atoms with E-state index in [1.807, 2.05) is 60.0 Å². The second-order valence-corrected chi connectivity index (χ2v) is 8.17. The maximum Gasteiger partial charge on any atom is 0.270 e. The van der Waals surface area contributed by atoms with Crippen LogP contribution in [0.15, 0.2) is 59.7 Å². The molecule has 6 heteroatoms. The number of nitrogens with zero attached hydrogens (tertiary/aromatic N) is 4. The average Bonchev–Trinajstić information content (AvgIpc) is 3.03. The molecule has 4 rings (SSSR count). The minimum atomic E-state index is -0.0507. The largest absolute Gasteiger partial charge is 0.336 e. The van der Waals surface area contributed by atoms with Crippen molar-refractivity contribution in [2.75, 3.05) is 6.54 Å². The molecular formula is C24H28N4O2. The predicted octanol–water partition coefficient (Wildman–Crippen LogP) is 2.88. The summed E-state index contributed by atoms with van der Waals surface area (Å²) >= 11 is 0. The lowest BCUT2D eigenvalue weighted by atomic mass is 10.1. The minimum absolute atomic E-state index is 0.0507. The lowest BCUT2D eigenvalue weighted by Crippen LogP contribution is -2.39. The van der Waals surface area contributed by atoms with E-state index >= 15 is 0 Å². The van der Waals surface area contributed by atoms with Crippen molar-refractivity contribution in [1.82, 2.24) is 19.2 Å². The molecule has 0 radical (unpaired) electrons. The molecule has 3 heterocycles. The molecule has 0 unspecified atom stereocenters. The van der Waals surface area contributed by atoms with Crippen LogP contribution in [0.5, 0.6) is 0 Å². The Hall–Kier alpha value is -3.15. The number of rotatable bonds is 6. The van der Waals surface area contributed by atoms with Crippen molar-refractivity contribution in [1.29, 1.82) is 0 Å². The van der Waals surface area contributed by atoms with Crippen molar-refractivity contribution in [2.24, 2.45) is 5.92 Å². The highest BCUT2D eigenvalue weighted by Crippen LogP contribution is 2.20. The van der Waals surface area contributed by atoms with Crippen molar-refractivity contribution < 1.29 is 4.79 Å². The molecule has 0 bridgehead atoms. The van der Waals surface area contributed by atoms with Crippen LogP contribution in [-0.4, -0.2) is 31.7 Å². The van der Waals surface area contributed by atoms with Gasteiger partial charge in [-0.2, -0.15) is 0 Å². The van der Waals surface area contributed by atoms with E-state index in [4.69, 9.17) is 0 Å². The van der Waals surface area contributed by atoms with E-state index in [-0.39, 0.29) is 17.4 Å². The first-order chi connectivity index (χ1) is 14.5. The highest BCUT2D eigenvalue weighted by Gasteiger charge is 2.29. The van der Waals surface area contributed by atoms with Gasteiger partial charge in [0.25, 0.3) is 5.56 Å². The quantitative estimate of drug-likeness (QED) is 0.635. The highest BCUT2D eigenvalue weighted by atomic mass is 16.2. The Morgan fingerprint density at radius 1 is 1.07 bits per heavy atom. The van der Waals surface area contributed by atoms with Gasteiger partial charge in [-0.1, -0.05) is 50.2 Å². The number of fused-ring (bicyclic) bond motifs is 1. The molecule has 3 aromatic rings. The second-order valence-electron chi connectivity index (χ2n) is 8.17. The molecular weight excluding hydrogens is 376 g/mol. The van der Waals surface area contributed by atoms with E-state index in [9.17, 15) is 9.59 Å². The average molecular weight is 405 g/mol. The minimum Gasteiger partial charge on any atom is -0.336 e. The summed E-state index contributed by atoms with van der Waals surface area (Å²) in [5.74, 6) is 0.0864. The molecule has 0 fully saturated rings. The molecule has 30 heavy (non-hydrogen) atoms. The monoisotopic (exact) mass is 404 g/mol. The summed E-state index contributed by atoms with van der Waals surface area (Å²) < 4.78 is 3.92. The van der Waals surface area contributed by atoms with Gasteiger partial charge in [0, 0.05) is 37.0 Å². The fourth-order valence-electron chi connectivity index (χ4n) is 4.13. The standard InChI is InChI=1S/C24H28N4O2/c1-18(2)23(29)26-13-11-21-22(17-26)28(16-20-9-6-12-25-15-20)27(24(21)30)14-10-19-7-4-3-5-8-19/h3-9,12,15,18H,10-11,13-14,16-17H2,1-2H3. The molecule has 0 spiro atoms. The third-order valence-electron chi connectivity index (χ3n) is 5.73. The van der Waals surface area contributed by atoms with Crippen LogP contribution < -0.4 is 5.56 Å². The van der Waals surface area contributed by atoms with Crippen molar-refractivity contribution >= 4 is 5.91 Å². The summed E-state index contributed by atoms with van der Waals surface area (Å²) in [5, 5.41) is 0. The van der Waals surface area contributed by atoms with E-state index in [0.29, 0.717) is 32.6 Å². The van der Waals surface area contributed by atoms with Crippen LogP contribution in [0.4, 0.5) is 0 Å². The lowest BCUT2D eigenvalue weighted by molar-refractivity contribution is -0.135. The topological polar surface area (TPSA) is 60.1 Å². The number of benzene rings is 1. The maximum absolute atomic E-state index is 13.3. The molecule has 0 N–H and O–H groups in total. The maximum atomic E-state index is 13.3. The zero-order chi connectivity index (χ0) is 21.1. The van der Waals surface area contributed by atoms with Gasteiger partial charge in [0.15, 0.2) is 0 Å². The van der Waals surface area contributed by atoms with Gasteiger partial charge in [-0.3, -0.25) is 19.3 Å². The number of hydrogen-bond donors (Lipinski definition) is 0. The summed E-state index contributed by atoms with van der Waals surface area (Å²) in [6, 6.07) is 14.1. The number of aromatic nitrogens is 3. The molecule has 0 saturated carbocycles. The second kappa shape index (κ2) is 8.69. The summed E-state index contributed by atoms with van der Waals surface area (Å²) in [7, 11) is 0. The van der Waals surface area contributed by atoms with Crippen LogP contribution in [0.1, 0.15) is 36.2 Å².